The Morgan fingerprint density at radius 1 is 1.33 bits per heavy atom. The molecule has 0 aliphatic rings. The standard InChI is InChI=1S/C10H15NO/c1-6-8(4)10(7(2)3)11-9(5)12/h6H,1-2H2,3-5H3,(H,11,12)/b10-8+. The van der Waals surface area contributed by atoms with Gasteiger partial charge >= 0.3 is 0 Å². The van der Waals surface area contributed by atoms with Crippen LogP contribution >= 0.6 is 0 Å². The van der Waals surface area contributed by atoms with Crippen LogP contribution in [0.1, 0.15) is 20.8 Å². The zero-order valence-electron chi connectivity index (χ0n) is 7.90. The zero-order valence-corrected chi connectivity index (χ0v) is 7.90. The smallest absolute Gasteiger partial charge is 0.221 e. The molecule has 12 heavy (non-hydrogen) atoms. The molecule has 0 bridgehead atoms. The van der Waals surface area contributed by atoms with Gasteiger partial charge in [0.15, 0.2) is 0 Å². The van der Waals surface area contributed by atoms with E-state index in [0.29, 0.717) is 0 Å². The molecule has 1 amide bonds. The SMILES string of the molecule is C=C/C(C)=C(/NC(C)=O)C(=C)C. The predicted molar refractivity (Wildman–Crippen MR) is 51.5 cm³/mol. The van der Waals surface area contributed by atoms with Crippen molar-refractivity contribution in [2.75, 3.05) is 0 Å². The maximum absolute atomic E-state index is 10.8. The minimum Gasteiger partial charge on any atom is -0.326 e. The van der Waals surface area contributed by atoms with Gasteiger partial charge in [-0.1, -0.05) is 19.2 Å². The number of nitrogens with one attached hydrogen (secondary N) is 1. The number of rotatable bonds is 3. The maximum Gasteiger partial charge on any atom is 0.221 e. The highest BCUT2D eigenvalue weighted by Gasteiger charge is 2.02. The molecule has 0 aliphatic carbocycles. The molecule has 0 spiro atoms. The summed E-state index contributed by atoms with van der Waals surface area (Å²) in [6.45, 7) is 12.6. The van der Waals surface area contributed by atoms with Crippen LogP contribution in [0.3, 0.4) is 0 Å². The van der Waals surface area contributed by atoms with E-state index in [-0.39, 0.29) is 5.91 Å². The number of amides is 1. The molecule has 2 nitrogen and oxygen atoms in total. The van der Waals surface area contributed by atoms with Gasteiger partial charge in [0.25, 0.3) is 0 Å². The van der Waals surface area contributed by atoms with Gasteiger partial charge in [-0.3, -0.25) is 4.79 Å². The van der Waals surface area contributed by atoms with Crippen molar-refractivity contribution in [1.29, 1.82) is 0 Å². The van der Waals surface area contributed by atoms with Crippen LogP contribution in [0.15, 0.2) is 36.1 Å². The predicted octanol–water partition coefficient (Wildman–Crippen LogP) is 2.16. The van der Waals surface area contributed by atoms with Crippen LogP contribution in [0.25, 0.3) is 0 Å². The summed E-state index contributed by atoms with van der Waals surface area (Å²) in [6, 6.07) is 0. The molecular weight excluding hydrogens is 150 g/mol. The maximum atomic E-state index is 10.8. The van der Waals surface area contributed by atoms with Crippen LogP contribution in [0.5, 0.6) is 0 Å². The van der Waals surface area contributed by atoms with Crippen molar-refractivity contribution in [3.8, 4) is 0 Å². The van der Waals surface area contributed by atoms with E-state index in [1.807, 2.05) is 13.8 Å². The number of hydrogen-bond acceptors (Lipinski definition) is 1. The van der Waals surface area contributed by atoms with Crippen molar-refractivity contribution in [2.45, 2.75) is 20.8 Å². The van der Waals surface area contributed by atoms with Gasteiger partial charge in [-0.15, -0.1) is 0 Å². The second kappa shape index (κ2) is 4.54. The number of carbonyl (C=O) groups is 1. The first-order valence-corrected chi connectivity index (χ1v) is 3.75. The summed E-state index contributed by atoms with van der Waals surface area (Å²) in [7, 11) is 0. The Morgan fingerprint density at radius 2 is 1.83 bits per heavy atom. The zero-order chi connectivity index (χ0) is 9.72. The van der Waals surface area contributed by atoms with Gasteiger partial charge < -0.3 is 5.32 Å². The average molecular weight is 165 g/mol. The van der Waals surface area contributed by atoms with Crippen LogP contribution < -0.4 is 5.32 Å². The summed E-state index contributed by atoms with van der Waals surface area (Å²) in [4.78, 5) is 10.8. The number of allylic oxidation sites excluding steroid dienone is 3. The first kappa shape index (κ1) is 10.7. The third-order valence-corrected chi connectivity index (χ3v) is 1.43. The van der Waals surface area contributed by atoms with Crippen LogP contribution in [-0.4, -0.2) is 5.91 Å². The molecular formula is C10H15NO. The van der Waals surface area contributed by atoms with E-state index < -0.39 is 0 Å². The molecule has 0 aliphatic heterocycles. The van der Waals surface area contributed by atoms with Gasteiger partial charge in [-0.2, -0.15) is 0 Å². The molecule has 0 rings (SSSR count). The minimum atomic E-state index is -0.0887. The van der Waals surface area contributed by atoms with Crippen molar-refractivity contribution < 1.29 is 4.79 Å². The summed E-state index contributed by atoms with van der Waals surface area (Å²) < 4.78 is 0. The van der Waals surface area contributed by atoms with Crippen molar-refractivity contribution in [3.05, 3.63) is 36.1 Å². The normalized spacial score (nSPS) is 11.6. The van der Waals surface area contributed by atoms with Crippen molar-refractivity contribution in [1.82, 2.24) is 5.32 Å². The molecule has 0 aromatic carbocycles. The monoisotopic (exact) mass is 165 g/mol. The highest BCUT2D eigenvalue weighted by molar-refractivity contribution is 5.76. The molecule has 2 heteroatoms. The van der Waals surface area contributed by atoms with Crippen molar-refractivity contribution >= 4 is 5.91 Å². The van der Waals surface area contributed by atoms with E-state index in [9.17, 15) is 4.79 Å². The molecule has 0 aromatic rings. The lowest BCUT2D eigenvalue weighted by Gasteiger charge is -2.09. The number of hydrogen-bond donors (Lipinski definition) is 1. The van der Waals surface area contributed by atoms with E-state index >= 15 is 0 Å². The third-order valence-electron chi connectivity index (χ3n) is 1.43. The lowest BCUT2D eigenvalue weighted by atomic mass is 10.1. The first-order valence-electron chi connectivity index (χ1n) is 3.75. The molecule has 0 saturated carbocycles. The quantitative estimate of drug-likeness (QED) is 0.638. The Bertz CT molecular complexity index is 249. The molecule has 0 atom stereocenters. The minimum absolute atomic E-state index is 0.0887. The third kappa shape index (κ3) is 3.19. The lowest BCUT2D eigenvalue weighted by molar-refractivity contribution is -0.118. The van der Waals surface area contributed by atoms with Gasteiger partial charge in [0.1, 0.15) is 0 Å². The van der Waals surface area contributed by atoms with Gasteiger partial charge in [0, 0.05) is 12.6 Å². The largest absolute Gasteiger partial charge is 0.326 e. The fourth-order valence-electron chi connectivity index (χ4n) is 0.820. The Morgan fingerprint density at radius 3 is 2.08 bits per heavy atom. The molecule has 0 radical (unpaired) electrons. The fourth-order valence-corrected chi connectivity index (χ4v) is 0.820. The molecule has 0 unspecified atom stereocenters. The fraction of sp³-hybridized carbons (Fsp3) is 0.300. The van der Waals surface area contributed by atoms with E-state index in [1.165, 1.54) is 6.92 Å². The summed E-state index contributed by atoms with van der Waals surface area (Å²) >= 11 is 0. The van der Waals surface area contributed by atoms with Crippen LogP contribution in [0.2, 0.25) is 0 Å². The summed E-state index contributed by atoms with van der Waals surface area (Å²) in [5, 5.41) is 2.70. The Balaban J connectivity index is 4.78. The van der Waals surface area contributed by atoms with E-state index in [1.54, 1.807) is 6.08 Å². The lowest BCUT2D eigenvalue weighted by Crippen LogP contribution is -2.20. The van der Waals surface area contributed by atoms with Gasteiger partial charge in [0.05, 0.1) is 0 Å². The second-order valence-electron chi connectivity index (χ2n) is 2.72. The van der Waals surface area contributed by atoms with Gasteiger partial charge in [-0.25, -0.2) is 0 Å². The van der Waals surface area contributed by atoms with Crippen molar-refractivity contribution in [3.63, 3.8) is 0 Å². The number of carbonyl (C=O) groups excluding carboxylic acids is 1. The van der Waals surface area contributed by atoms with Crippen LogP contribution in [-0.2, 0) is 4.79 Å². The first-order chi connectivity index (χ1) is 5.49. The summed E-state index contributed by atoms with van der Waals surface area (Å²) in [5.41, 5.74) is 2.53. The van der Waals surface area contributed by atoms with Gasteiger partial charge in [-0.05, 0) is 25.0 Å². The highest BCUT2D eigenvalue weighted by atomic mass is 16.1. The highest BCUT2D eigenvalue weighted by Crippen LogP contribution is 2.09. The van der Waals surface area contributed by atoms with E-state index in [4.69, 9.17) is 0 Å². The summed E-state index contributed by atoms with van der Waals surface area (Å²) in [6.07, 6.45) is 1.69. The van der Waals surface area contributed by atoms with Crippen molar-refractivity contribution in [2.24, 2.45) is 0 Å². The molecule has 1 N–H and O–H groups in total. The molecule has 0 aromatic heterocycles. The van der Waals surface area contributed by atoms with E-state index in [0.717, 1.165) is 16.8 Å². The Kier molecular flexibility index (Phi) is 4.05. The van der Waals surface area contributed by atoms with E-state index in [2.05, 4.69) is 18.5 Å². The Labute approximate surface area is 73.7 Å². The second-order valence-corrected chi connectivity index (χ2v) is 2.72. The molecule has 0 heterocycles. The van der Waals surface area contributed by atoms with Crippen LogP contribution in [0, 0.1) is 0 Å². The molecule has 66 valence electrons. The molecule has 0 saturated heterocycles. The summed E-state index contributed by atoms with van der Waals surface area (Å²) in [5.74, 6) is -0.0887. The molecule has 0 fully saturated rings. The van der Waals surface area contributed by atoms with Crippen LogP contribution in [0.4, 0.5) is 0 Å². The van der Waals surface area contributed by atoms with Gasteiger partial charge in [0.2, 0.25) is 5.91 Å². The Hall–Kier alpha value is -1.31. The average Bonchev–Trinajstić information content (AvgIpc) is 1.98. The topological polar surface area (TPSA) is 29.1 Å².